The molecule has 0 bridgehead atoms. The van der Waals surface area contributed by atoms with Crippen molar-refractivity contribution in [1.29, 1.82) is 0 Å². The van der Waals surface area contributed by atoms with Gasteiger partial charge in [-0.3, -0.25) is 0 Å². The molecular formula is C16H17Cl2NO4S. The van der Waals surface area contributed by atoms with Crippen LogP contribution in [0.3, 0.4) is 0 Å². The molecule has 0 spiro atoms. The molecule has 2 rings (SSSR count). The van der Waals surface area contributed by atoms with Gasteiger partial charge in [0.25, 0.3) is 0 Å². The Morgan fingerprint density at radius 1 is 1.04 bits per heavy atom. The molecule has 0 aliphatic rings. The summed E-state index contributed by atoms with van der Waals surface area (Å²) < 4.78 is 37.1. The van der Waals surface area contributed by atoms with E-state index in [1.807, 2.05) is 0 Å². The van der Waals surface area contributed by atoms with Gasteiger partial charge in [0, 0.05) is 16.6 Å². The molecule has 130 valence electrons. The first kappa shape index (κ1) is 18.9. The fourth-order valence-corrected chi connectivity index (χ4v) is 3.64. The van der Waals surface area contributed by atoms with Crippen LogP contribution in [0.4, 0.5) is 0 Å². The number of hydrogen-bond donors (Lipinski definition) is 1. The summed E-state index contributed by atoms with van der Waals surface area (Å²) in [6, 6.07) is 11.7. The number of sulfonamides is 1. The predicted molar refractivity (Wildman–Crippen MR) is 95.6 cm³/mol. The maximum atomic E-state index is 12.1. The van der Waals surface area contributed by atoms with E-state index in [1.54, 1.807) is 43.5 Å². The summed E-state index contributed by atoms with van der Waals surface area (Å²) in [7, 11) is -1.93. The molecule has 0 fully saturated rings. The van der Waals surface area contributed by atoms with Crippen LogP contribution in [0.15, 0.2) is 42.5 Å². The fraction of sp³-hybridized carbons (Fsp3) is 0.250. The summed E-state index contributed by atoms with van der Waals surface area (Å²) in [5.74, 6) is 1.14. The van der Waals surface area contributed by atoms with Gasteiger partial charge in [-0.2, -0.15) is 0 Å². The SMILES string of the molecule is COc1ccc(OCCNS(=O)(=O)Cc2ccc(Cl)cc2Cl)cc1. The van der Waals surface area contributed by atoms with Crippen LogP contribution in [0.5, 0.6) is 11.5 Å². The second-order valence-corrected chi connectivity index (χ2v) is 7.56. The maximum Gasteiger partial charge on any atom is 0.215 e. The molecule has 0 unspecified atom stereocenters. The number of methoxy groups -OCH3 is 1. The minimum atomic E-state index is -3.51. The first-order valence-corrected chi connectivity index (χ1v) is 9.48. The Labute approximate surface area is 151 Å². The van der Waals surface area contributed by atoms with Crippen LogP contribution in [0.25, 0.3) is 0 Å². The van der Waals surface area contributed by atoms with Crippen molar-refractivity contribution in [2.75, 3.05) is 20.3 Å². The largest absolute Gasteiger partial charge is 0.497 e. The minimum Gasteiger partial charge on any atom is -0.497 e. The van der Waals surface area contributed by atoms with Crippen molar-refractivity contribution in [3.63, 3.8) is 0 Å². The van der Waals surface area contributed by atoms with E-state index < -0.39 is 10.0 Å². The lowest BCUT2D eigenvalue weighted by Crippen LogP contribution is -2.29. The third kappa shape index (κ3) is 5.87. The van der Waals surface area contributed by atoms with Crippen LogP contribution >= 0.6 is 23.2 Å². The van der Waals surface area contributed by atoms with Crippen LogP contribution in [-0.4, -0.2) is 28.7 Å². The smallest absolute Gasteiger partial charge is 0.215 e. The van der Waals surface area contributed by atoms with E-state index in [0.29, 0.717) is 21.4 Å². The van der Waals surface area contributed by atoms with E-state index in [9.17, 15) is 8.42 Å². The summed E-state index contributed by atoms with van der Waals surface area (Å²) in [6.07, 6.45) is 0. The lowest BCUT2D eigenvalue weighted by molar-refractivity contribution is 0.322. The number of nitrogens with one attached hydrogen (secondary N) is 1. The third-order valence-electron chi connectivity index (χ3n) is 3.11. The highest BCUT2D eigenvalue weighted by molar-refractivity contribution is 7.88. The van der Waals surface area contributed by atoms with Crippen molar-refractivity contribution in [1.82, 2.24) is 4.72 Å². The first-order valence-electron chi connectivity index (χ1n) is 7.08. The monoisotopic (exact) mass is 389 g/mol. The van der Waals surface area contributed by atoms with Crippen molar-refractivity contribution in [3.05, 3.63) is 58.1 Å². The average molecular weight is 390 g/mol. The molecule has 0 aromatic heterocycles. The van der Waals surface area contributed by atoms with Crippen molar-refractivity contribution in [3.8, 4) is 11.5 Å². The molecule has 0 radical (unpaired) electrons. The highest BCUT2D eigenvalue weighted by Gasteiger charge is 2.13. The Morgan fingerprint density at radius 2 is 1.71 bits per heavy atom. The Balaban J connectivity index is 1.81. The fourth-order valence-electron chi connectivity index (χ4n) is 1.93. The zero-order valence-corrected chi connectivity index (χ0v) is 15.3. The Kier molecular flexibility index (Phi) is 6.74. The van der Waals surface area contributed by atoms with Crippen molar-refractivity contribution in [2.24, 2.45) is 0 Å². The molecule has 0 atom stereocenters. The minimum absolute atomic E-state index is 0.152. The molecule has 0 aliphatic carbocycles. The number of halogens is 2. The van der Waals surface area contributed by atoms with Crippen LogP contribution < -0.4 is 14.2 Å². The molecule has 0 saturated carbocycles. The Morgan fingerprint density at radius 3 is 2.33 bits per heavy atom. The summed E-state index contributed by atoms with van der Waals surface area (Å²) in [5, 5.41) is 0.782. The number of hydrogen-bond acceptors (Lipinski definition) is 4. The van der Waals surface area contributed by atoms with Gasteiger partial charge in [0.2, 0.25) is 10.0 Å². The zero-order valence-electron chi connectivity index (χ0n) is 13.0. The molecule has 8 heteroatoms. The highest BCUT2D eigenvalue weighted by Crippen LogP contribution is 2.22. The second kappa shape index (κ2) is 8.58. The number of ether oxygens (including phenoxy) is 2. The molecule has 0 saturated heterocycles. The lowest BCUT2D eigenvalue weighted by atomic mass is 10.2. The quantitative estimate of drug-likeness (QED) is 0.701. The van der Waals surface area contributed by atoms with Crippen LogP contribution in [-0.2, 0) is 15.8 Å². The van der Waals surface area contributed by atoms with Crippen LogP contribution in [0.1, 0.15) is 5.56 Å². The predicted octanol–water partition coefficient (Wildman–Crippen LogP) is 3.50. The molecule has 24 heavy (non-hydrogen) atoms. The molecule has 2 aromatic carbocycles. The summed E-state index contributed by atoms with van der Waals surface area (Å²) in [6.45, 7) is 0.361. The maximum absolute atomic E-state index is 12.1. The first-order chi connectivity index (χ1) is 11.4. The third-order valence-corrected chi connectivity index (χ3v) is 5.03. The second-order valence-electron chi connectivity index (χ2n) is 4.91. The van der Waals surface area contributed by atoms with Crippen molar-refractivity contribution < 1.29 is 17.9 Å². The Bertz CT molecular complexity index is 779. The molecule has 5 nitrogen and oxygen atoms in total. The molecule has 0 heterocycles. The van der Waals surface area contributed by atoms with E-state index >= 15 is 0 Å². The van der Waals surface area contributed by atoms with Gasteiger partial charge in [0.15, 0.2) is 0 Å². The van der Waals surface area contributed by atoms with E-state index in [4.69, 9.17) is 32.7 Å². The topological polar surface area (TPSA) is 64.6 Å². The van der Waals surface area contributed by atoms with Gasteiger partial charge in [0.1, 0.15) is 18.1 Å². The van der Waals surface area contributed by atoms with Gasteiger partial charge in [-0.1, -0.05) is 29.3 Å². The van der Waals surface area contributed by atoms with Gasteiger partial charge in [-0.15, -0.1) is 0 Å². The van der Waals surface area contributed by atoms with Gasteiger partial charge >= 0.3 is 0 Å². The van der Waals surface area contributed by atoms with Crippen molar-refractivity contribution >= 4 is 33.2 Å². The van der Waals surface area contributed by atoms with E-state index in [-0.39, 0.29) is 18.9 Å². The zero-order chi connectivity index (χ0) is 17.6. The average Bonchev–Trinajstić information content (AvgIpc) is 2.55. The molecule has 1 N–H and O–H groups in total. The molecule has 0 amide bonds. The van der Waals surface area contributed by atoms with Crippen LogP contribution in [0, 0.1) is 0 Å². The number of benzene rings is 2. The summed E-state index contributed by atoms with van der Waals surface area (Å²) >= 11 is 11.8. The highest BCUT2D eigenvalue weighted by atomic mass is 35.5. The summed E-state index contributed by atoms with van der Waals surface area (Å²) in [4.78, 5) is 0. The standard InChI is InChI=1S/C16H17Cl2NO4S/c1-22-14-4-6-15(7-5-14)23-9-8-19-24(20,21)11-12-2-3-13(17)10-16(12)18/h2-7,10,19H,8-9,11H2,1H3. The van der Waals surface area contributed by atoms with Gasteiger partial charge < -0.3 is 9.47 Å². The Hall–Kier alpha value is -1.47. The lowest BCUT2D eigenvalue weighted by Gasteiger charge is -2.10. The van der Waals surface area contributed by atoms with E-state index in [0.717, 1.165) is 5.75 Å². The van der Waals surface area contributed by atoms with E-state index in [1.165, 1.54) is 6.07 Å². The van der Waals surface area contributed by atoms with E-state index in [2.05, 4.69) is 4.72 Å². The normalized spacial score (nSPS) is 11.3. The van der Waals surface area contributed by atoms with Gasteiger partial charge in [-0.05, 0) is 42.0 Å². The summed E-state index contributed by atoms with van der Waals surface area (Å²) in [5.41, 5.74) is 0.490. The van der Waals surface area contributed by atoms with Gasteiger partial charge in [-0.25, -0.2) is 13.1 Å². The van der Waals surface area contributed by atoms with Crippen LogP contribution in [0.2, 0.25) is 10.0 Å². The number of rotatable bonds is 8. The van der Waals surface area contributed by atoms with Crippen molar-refractivity contribution in [2.45, 2.75) is 5.75 Å². The van der Waals surface area contributed by atoms with Gasteiger partial charge in [0.05, 0.1) is 12.9 Å². The molecule has 2 aromatic rings. The molecular weight excluding hydrogens is 373 g/mol. The molecule has 0 aliphatic heterocycles.